The van der Waals surface area contributed by atoms with Crippen LogP contribution in [-0.4, -0.2) is 41.6 Å². The molecule has 1 aliphatic carbocycles. The van der Waals surface area contributed by atoms with E-state index in [4.69, 9.17) is 9.47 Å². The topological polar surface area (TPSA) is 55.8 Å². The first kappa shape index (κ1) is 17.6. The van der Waals surface area contributed by atoms with Gasteiger partial charge in [-0.1, -0.05) is 24.3 Å². The van der Waals surface area contributed by atoms with E-state index in [0.717, 1.165) is 23.1 Å². The highest BCUT2D eigenvalue weighted by molar-refractivity contribution is 6.21. The fourth-order valence-electron chi connectivity index (χ4n) is 3.59. The molecule has 0 unspecified atom stereocenters. The monoisotopic (exact) mass is 365 g/mol. The standard InChI is InChI=1S/C22H23NO4/c1-22(2,3)27-21(25)23-11-10-15(13-23)26-14-8-9-17-16-6-4-5-7-18(16)20(24)19(17)12-14/h4-9,12,15H,10-11,13H2,1-3H3/t15-/m0/s1. The molecule has 4 rings (SSSR count). The highest BCUT2D eigenvalue weighted by Gasteiger charge is 2.32. The van der Waals surface area contributed by atoms with E-state index < -0.39 is 5.60 Å². The molecule has 1 atom stereocenters. The van der Waals surface area contributed by atoms with Crippen LogP contribution in [-0.2, 0) is 4.74 Å². The van der Waals surface area contributed by atoms with Crippen LogP contribution < -0.4 is 4.74 Å². The van der Waals surface area contributed by atoms with Crippen LogP contribution in [0, 0.1) is 0 Å². The Balaban J connectivity index is 1.45. The summed E-state index contributed by atoms with van der Waals surface area (Å²) in [6.45, 7) is 6.66. The number of amides is 1. The van der Waals surface area contributed by atoms with Crippen molar-refractivity contribution in [1.29, 1.82) is 0 Å². The lowest BCUT2D eigenvalue weighted by Crippen LogP contribution is -2.36. The molecule has 27 heavy (non-hydrogen) atoms. The van der Waals surface area contributed by atoms with E-state index >= 15 is 0 Å². The number of nitrogens with zero attached hydrogens (tertiary/aromatic N) is 1. The Morgan fingerprint density at radius 3 is 2.48 bits per heavy atom. The zero-order chi connectivity index (χ0) is 19.2. The molecule has 0 saturated carbocycles. The summed E-state index contributed by atoms with van der Waals surface area (Å²) in [6.07, 6.45) is 0.326. The molecule has 1 aliphatic heterocycles. The SMILES string of the molecule is CC(C)(C)OC(=O)N1CC[C@H](Oc2ccc3c(c2)C(=O)c2ccccc2-3)C1. The number of benzene rings is 2. The fourth-order valence-corrected chi connectivity index (χ4v) is 3.59. The van der Waals surface area contributed by atoms with Crippen LogP contribution in [0.3, 0.4) is 0 Å². The van der Waals surface area contributed by atoms with Gasteiger partial charge in [0.2, 0.25) is 0 Å². The first-order valence-electron chi connectivity index (χ1n) is 9.24. The van der Waals surface area contributed by atoms with Gasteiger partial charge in [-0.2, -0.15) is 0 Å². The summed E-state index contributed by atoms with van der Waals surface area (Å²) in [5, 5.41) is 0. The largest absolute Gasteiger partial charge is 0.488 e. The first-order valence-corrected chi connectivity index (χ1v) is 9.24. The van der Waals surface area contributed by atoms with Crippen LogP contribution in [0.25, 0.3) is 11.1 Å². The molecule has 2 aliphatic rings. The minimum absolute atomic E-state index is 0.0350. The summed E-state index contributed by atoms with van der Waals surface area (Å²) in [5.41, 5.74) is 2.83. The smallest absolute Gasteiger partial charge is 0.410 e. The van der Waals surface area contributed by atoms with Crippen LogP contribution in [0.15, 0.2) is 42.5 Å². The molecule has 2 aromatic rings. The minimum Gasteiger partial charge on any atom is -0.488 e. The van der Waals surface area contributed by atoms with Crippen molar-refractivity contribution in [1.82, 2.24) is 4.90 Å². The van der Waals surface area contributed by atoms with E-state index in [2.05, 4.69) is 0 Å². The molecule has 1 amide bonds. The third-order valence-corrected chi connectivity index (χ3v) is 4.80. The average Bonchev–Trinajstić information content (AvgIpc) is 3.18. The summed E-state index contributed by atoms with van der Waals surface area (Å²) in [6, 6.07) is 13.3. The quantitative estimate of drug-likeness (QED) is 0.680. The van der Waals surface area contributed by atoms with Gasteiger partial charge >= 0.3 is 6.09 Å². The number of ether oxygens (including phenoxy) is 2. The molecule has 0 N–H and O–H groups in total. The Morgan fingerprint density at radius 2 is 1.74 bits per heavy atom. The maximum Gasteiger partial charge on any atom is 0.410 e. The molecule has 0 bridgehead atoms. The molecule has 0 radical (unpaired) electrons. The van der Waals surface area contributed by atoms with E-state index in [9.17, 15) is 9.59 Å². The molecule has 2 aromatic carbocycles. The van der Waals surface area contributed by atoms with Crippen LogP contribution in [0.5, 0.6) is 5.75 Å². The Kier molecular flexibility index (Phi) is 4.17. The van der Waals surface area contributed by atoms with Gasteiger partial charge in [0.15, 0.2) is 5.78 Å². The Labute approximate surface area is 158 Å². The number of rotatable bonds is 2. The lowest BCUT2D eigenvalue weighted by molar-refractivity contribution is 0.0275. The van der Waals surface area contributed by atoms with E-state index in [1.807, 2.05) is 63.2 Å². The van der Waals surface area contributed by atoms with Crippen molar-refractivity contribution in [2.75, 3.05) is 13.1 Å². The summed E-state index contributed by atoms with van der Waals surface area (Å²) in [4.78, 5) is 26.5. The summed E-state index contributed by atoms with van der Waals surface area (Å²) in [5.74, 6) is 0.693. The molecule has 5 nitrogen and oxygen atoms in total. The molecule has 0 aromatic heterocycles. The molecule has 0 spiro atoms. The number of ketones is 1. The van der Waals surface area contributed by atoms with Gasteiger partial charge in [0.1, 0.15) is 17.5 Å². The van der Waals surface area contributed by atoms with E-state index in [0.29, 0.717) is 24.4 Å². The van der Waals surface area contributed by atoms with Gasteiger partial charge in [0.25, 0.3) is 0 Å². The predicted octanol–water partition coefficient (Wildman–Crippen LogP) is 4.29. The summed E-state index contributed by atoms with van der Waals surface area (Å²) in [7, 11) is 0. The fraction of sp³-hybridized carbons (Fsp3) is 0.364. The molecule has 1 saturated heterocycles. The van der Waals surface area contributed by atoms with Crippen molar-refractivity contribution in [3.8, 4) is 16.9 Å². The molecule has 1 fully saturated rings. The van der Waals surface area contributed by atoms with Gasteiger partial charge in [-0.3, -0.25) is 4.79 Å². The number of carbonyl (C=O) groups is 2. The lowest BCUT2D eigenvalue weighted by atomic mass is 10.1. The van der Waals surface area contributed by atoms with Gasteiger partial charge in [-0.05, 0) is 50.1 Å². The minimum atomic E-state index is -0.509. The Hall–Kier alpha value is -2.82. The third-order valence-electron chi connectivity index (χ3n) is 4.80. The number of hydrogen-bond acceptors (Lipinski definition) is 4. The van der Waals surface area contributed by atoms with Gasteiger partial charge in [0.05, 0.1) is 6.54 Å². The van der Waals surface area contributed by atoms with Crippen molar-refractivity contribution < 1.29 is 19.1 Å². The second-order valence-corrected chi connectivity index (χ2v) is 8.04. The van der Waals surface area contributed by atoms with Crippen LogP contribution >= 0.6 is 0 Å². The van der Waals surface area contributed by atoms with Crippen LogP contribution in [0.4, 0.5) is 4.79 Å². The highest BCUT2D eigenvalue weighted by Crippen LogP contribution is 2.38. The van der Waals surface area contributed by atoms with Crippen molar-refractivity contribution in [3.05, 3.63) is 53.6 Å². The molecule has 5 heteroatoms. The van der Waals surface area contributed by atoms with Crippen molar-refractivity contribution >= 4 is 11.9 Å². The van der Waals surface area contributed by atoms with Crippen LogP contribution in [0.2, 0.25) is 0 Å². The second kappa shape index (κ2) is 6.41. The maximum absolute atomic E-state index is 12.6. The van der Waals surface area contributed by atoms with E-state index in [1.165, 1.54) is 0 Å². The highest BCUT2D eigenvalue weighted by atomic mass is 16.6. The van der Waals surface area contributed by atoms with E-state index in [1.54, 1.807) is 4.90 Å². The summed E-state index contributed by atoms with van der Waals surface area (Å²) < 4.78 is 11.5. The zero-order valence-electron chi connectivity index (χ0n) is 15.8. The van der Waals surface area contributed by atoms with Gasteiger partial charge in [-0.15, -0.1) is 0 Å². The maximum atomic E-state index is 12.6. The number of hydrogen-bond donors (Lipinski definition) is 0. The van der Waals surface area contributed by atoms with Gasteiger partial charge < -0.3 is 14.4 Å². The zero-order valence-corrected chi connectivity index (χ0v) is 15.8. The average molecular weight is 365 g/mol. The van der Waals surface area contributed by atoms with Crippen molar-refractivity contribution in [2.45, 2.75) is 38.9 Å². The Morgan fingerprint density at radius 1 is 1.04 bits per heavy atom. The van der Waals surface area contributed by atoms with Crippen molar-refractivity contribution in [2.24, 2.45) is 0 Å². The van der Waals surface area contributed by atoms with Gasteiger partial charge in [-0.25, -0.2) is 4.79 Å². The van der Waals surface area contributed by atoms with E-state index in [-0.39, 0.29) is 18.0 Å². The predicted molar refractivity (Wildman–Crippen MR) is 102 cm³/mol. The second-order valence-electron chi connectivity index (χ2n) is 8.04. The Bertz CT molecular complexity index is 913. The number of carbonyl (C=O) groups excluding carboxylic acids is 2. The van der Waals surface area contributed by atoms with Crippen molar-refractivity contribution in [3.63, 3.8) is 0 Å². The van der Waals surface area contributed by atoms with Crippen LogP contribution in [0.1, 0.15) is 43.1 Å². The molecular formula is C22H23NO4. The third kappa shape index (κ3) is 3.42. The number of fused-ring (bicyclic) bond motifs is 3. The normalized spacial score (nSPS) is 18.3. The number of likely N-dealkylation sites (tertiary alicyclic amines) is 1. The molecular weight excluding hydrogens is 342 g/mol. The molecule has 1 heterocycles. The lowest BCUT2D eigenvalue weighted by Gasteiger charge is -2.24. The van der Waals surface area contributed by atoms with Gasteiger partial charge in [0, 0.05) is 24.1 Å². The molecule has 140 valence electrons. The first-order chi connectivity index (χ1) is 12.8. The summed E-state index contributed by atoms with van der Waals surface area (Å²) >= 11 is 0.